The molecule has 92 valence electrons. The molecule has 0 unspecified atom stereocenters. The Balaban J connectivity index is 4.30. The fourth-order valence-electron chi connectivity index (χ4n) is 1.06. The van der Waals surface area contributed by atoms with Crippen molar-refractivity contribution in [1.82, 2.24) is 4.31 Å². The van der Waals surface area contributed by atoms with E-state index in [9.17, 15) is 8.42 Å². The summed E-state index contributed by atoms with van der Waals surface area (Å²) in [7, 11) is -1.81. The average molecular weight is 260 g/mol. The maximum atomic E-state index is 11.7. The van der Waals surface area contributed by atoms with Crippen LogP contribution < -0.4 is 0 Å². The van der Waals surface area contributed by atoms with E-state index in [0.29, 0.717) is 18.9 Å². The van der Waals surface area contributed by atoms with Crippen molar-refractivity contribution in [3.8, 4) is 0 Å². The summed E-state index contributed by atoms with van der Waals surface area (Å²) in [6.45, 7) is 0.500. The molecule has 0 aromatic rings. The van der Waals surface area contributed by atoms with E-state index in [-0.39, 0.29) is 25.4 Å². The van der Waals surface area contributed by atoms with E-state index in [1.807, 2.05) is 0 Å². The lowest BCUT2D eigenvalue weighted by Crippen LogP contribution is -2.37. The smallest absolute Gasteiger partial charge is 0.214 e. The van der Waals surface area contributed by atoms with Crippen molar-refractivity contribution in [2.24, 2.45) is 0 Å². The SMILES string of the molecule is COCCN(CCO)S(=O)(=O)CCCCl. The molecule has 0 bridgehead atoms. The summed E-state index contributed by atoms with van der Waals surface area (Å²) >= 11 is 5.44. The Bertz CT molecular complexity index is 245. The van der Waals surface area contributed by atoms with Crippen LogP contribution in [0.3, 0.4) is 0 Å². The molecule has 0 aliphatic carbocycles. The van der Waals surface area contributed by atoms with Gasteiger partial charge in [0, 0.05) is 26.1 Å². The molecular formula is C8H18ClNO4S. The molecule has 5 nitrogen and oxygen atoms in total. The number of alkyl halides is 1. The van der Waals surface area contributed by atoms with Gasteiger partial charge in [-0.2, -0.15) is 4.31 Å². The Labute approximate surface area is 96.0 Å². The van der Waals surface area contributed by atoms with E-state index in [1.165, 1.54) is 11.4 Å². The lowest BCUT2D eigenvalue weighted by molar-refractivity contribution is 0.168. The molecule has 0 aromatic carbocycles. The normalized spacial score (nSPS) is 12.3. The molecule has 1 N–H and O–H groups in total. The Morgan fingerprint density at radius 1 is 1.40 bits per heavy atom. The highest BCUT2D eigenvalue weighted by atomic mass is 35.5. The van der Waals surface area contributed by atoms with Crippen LogP contribution in [-0.2, 0) is 14.8 Å². The third-order valence-corrected chi connectivity index (χ3v) is 4.05. The van der Waals surface area contributed by atoms with Gasteiger partial charge >= 0.3 is 0 Å². The minimum atomic E-state index is -3.31. The zero-order valence-corrected chi connectivity index (χ0v) is 10.4. The largest absolute Gasteiger partial charge is 0.395 e. The topological polar surface area (TPSA) is 66.8 Å². The van der Waals surface area contributed by atoms with E-state index < -0.39 is 10.0 Å². The standard InChI is InChI=1S/C8H18ClNO4S/c1-14-7-5-10(4-6-11)15(12,13)8-2-3-9/h11H,2-8H2,1H3. The zero-order valence-electron chi connectivity index (χ0n) is 8.86. The zero-order chi connectivity index (χ0) is 11.7. The van der Waals surface area contributed by atoms with Crippen LogP contribution in [0.5, 0.6) is 0 Å². The number of aliphatic hydroxyl groups excluding tert-OH is 1. The number of aliphatic hydroxyl groups is 1. The monoisotopic (exact) mass is 259 g/mol. The van der Waals surface area contributed by atoms with Gasteiger partial charge in [0.25, 0.3) is 0 Å². The molecule has 0 heterocycles. The van der Waals surface area contributed by atoms with E-state index >= 15 is 0 Å². The Kier molecular flexibility index (Phi) is 8.36. The molecule has 0 atom stereocenters. The molecule has 15 heavy (non-hydrogen) atoms. The van der Waals surface area contributed by atoms with Crippen molar-refractivity contribution < 1.29 is 18.3 Å². The van der Waals surface area contributed by atoms with Crippen LogP contribution in [0.2, 0.25) is 0 Å². The number of ether oxygens (including phenoxy) is 1. The molecule has 0 saturated heterocycles. The van der Waals surface area contributed by atoms with Crippen molar-refractivity contribution in [2.75, 3.05) is 45.0 Å². The maximum absolute atomic E-state index is 11.7. The van der Waals surface area contributed by atoms with Gasteiger partial charge in [-0.05, 0) is 6.42 Å². The molecule has 0 aromatic heterocycles. The number of halogens is 1. The van der Waals surface area contributed by atoms with Crippen molar-refractivity contribution in [3.05, 3.63) is 0 Å². The molecule has 0 aliphatic heterocycles. The number of rotatable bonds is 9. The summed E-state index contributed by atoms with van der Waals surface area (Å²) in [5.41, 5.74) is 0. The second-order valence-corrected chi connectivity index (χ2v) is 5.44. The minimum absolute atomic E-state index is 0.0141. The van der Waals surface area contributed by atoms with Crippen molar-refractivity contribution in [2.45, 2.75) is 6.42 Å². The van der Waals surface area contributed by atoms with Gasteiger partial charge < -0.3 is 9.84 Å². The predicted molar refractivity (Wildman–Crippen MR) is 59.7 cm³/mol. The Morgan fingerprint density at radius 3 is 2.53 bits per heavy atom. The second-order valence-electron chi connectivity index (χ2n) is 2.97. The van der Waals surface area contributed by atoms with E-state index in [0.717, 1.165) is 0 Å². The van der Waals surface area contributed by atoms with Crippen molar-refractivity contribution in [3.63, 3.8) is 0 Å². The molecule has 0 spiro atoms. The first-order valence-electron chi connectivity index (χ1n) is 4.72. The summed E-state index contributed by atoms with van der Waals surface area (Å²) in [4.78, 5) is 0. The first-order chi connectivity index (χ1) is 7.08. The summed E-state index contributed by atoms with van der Waals surface area (Å²) < 4.78 is 29.4. The van der Waals surface area contributed by atoms with Crippen LogP contribution in [0, 0.1) is 0 Å². The van der Waals surface area contributed by atoms with Crippen molar-refractivity contribution >= 4 is 21.6 Å². The van der Waals surface area contributed by atoms with E-state index in [2.05, 4.69) is 0 Å². The van der Waals surface area contributed by atoms with Gasteiger partial charge in [-0.3, -0.25) is 0 Å². The highest BCUT2D eigenvalue weighted by Gasteiger charge is 2.20. The van der Waals surface area contributed by atoms with Gasteiger partial charge in [-0.25, -0.2) is 8.42 Å². The highest BCUT2D eigenvalue weighted by molar-refractivity contribution is 7.89. The Morgan fingerprint density at radius 2 is 2.07 bits per heavy atom. The number of nitrogens with zero attached hydrogens (tertiary/aromatic N) is 1. The van der Waals surface area contributed by atoms with Crippen LogP contribution in [0.15, 0.2) is 0 Å². The maximum Gasteiger partial charge on any atom is 0.214 e. The summed E-state index contributed by atoms with van der Waals surface area (Å²) in [5.74, 6) is 0.330. The molecule has 0 aliphatic rings. The molecule has 0 saturated carbocycles. The van der Waals surface area contributed by atoms with E-state index in [1.54, 1.807) is 0 Å². The Hall–Kier alpha value is 0.120. The third kappa shape index (κ3) is 6.32. The second kappa shape index (κ2) is 8.29. The summed E-state index contributed by atoms with van der Waals surface area (Å²) in [6.07, 6.45) is 0.415. The van der Waals surface area contributed by atoms with Crippen LogP contribution in [-0.4, -0.2) is 62.9 Å². The van der Waals surface area contributed by atoms with Gasteiger partial charge in [0.05, 0.1) is 19.0 Å². The lowest BCUT2D eigenvalue weighted by Gasteiger charge is -2.20. The molecule has 0 radical (unpaired) electrons. The highest BCUT2D eigenvalue weighted by Crippen LogP contribution is 2.03. The fourth-order valence-corrected chi connectivity index (χ4v) is 2.83. The number of hydrogen-bond donors (Lipinski definition) is 1. The van der Waals surface area contributed by atoms with Gasteiger partial charge in [-0.1, -0.05) is 0 Å². The quantitative estimate of drug-likeness (QED) is 0.587. The number of methoxy groups -OCH3 is 1. The minimum Gasteiger partial charge on any atom is -0.395 e. The van der Waals surface area contributed by atoms with Gasteiger partial charge in [-0.15, -0.1) is 11.6 Å². The molecule has 7 heteroatoms. The molecular weight excluding hydrogens is 242 g/mol. The fraction of sp³-hybridized carbons (Fsp3) is 1.00. The van der Waals surface area contributed by atoms with Crippen LogP contribution in [0.1, 0.15) is 6.42 Å². The molecule has 0 rings (SSSR count). The first kappa shape index (κ1) is 15.1. The predicted octanol–water partition coefficient (Wildman–Crippen LogP) is -0.114. The number of sulfonamides is 1. The molecule has 0 fully saturated rings. The average Bonchev–Trinajstić information content (AvgIpc) is 2.21. The molecule has 0 amide bonds. The van der Waals surface area contributed by atoms with Crippen LogP contribution in [0.25, 0.3) is 0 Å². The summed E-state index contributed by atoms with van der Waals surface area (Å²) in [6, 6.07) is 0. The van der Waals surface area contributed by atoms with Crippen molar-refractivity contribution in [1.29, 1.82) is 0 Å². The van der Waals surface area contributed by atoms with E-state index in [4.69, 9.17) is 21.4 Å². The van der Waals surface area contributed by atoms with Gasteiger partial charge in [0.1, 0.15) is 0 Å². The van der Waals surface area contributed by atoms with Gasteiger partial charge in [0.2, 0.25) is 10.0 Å². The first-order valence-corrected chi connectivity index (χ1v) is 6.86. The van der Waals surface area contributed by atoms with Gasteiger partial charge in [0.15, 0.2) is 0 Å². The lowest BCUT2D eigenvalue weighted by atomic mass is 10.6. The summed E-state index contributed by atoms with van der Waals surface area (Å²) in [5, 5.41) is 8.75. The van der Waals surface area contributed by atoms with Crippen LogP contribution >= 0.6 is 11.6 Å². The van der Waals surface area contributed by atoms with Crippen LogP contribution in [0.4, 0.5) is 0 Å². The third-order valence-electron chi connectivity index (χ3n) is 1.82. The number of hydrogen-bond acceptors (Lipinski definition) is 4.